The van der Waals surface area contributed by atoms with Gasteiger partial charge < -0.3 is 10.1 Å². The minimum atomic E-state index is -4.44. The largest absolute Gasteiger partial charge is 0.464 e. The minimum Gasteiger partial charge on any atom is -0.464 e. The van der Waals surface area contributed by atoms with E-state index in [0.29, 0.717) is 0 Å². The zero-order valence-electron chi connectivity index (χ0n) is 12.3. The van der Waals surface area contributed by atoms with Crippen molar-refractivity contribution in [2.24, 2.45) is 5.92 Å². The highest BCUT2D eigenvalue weighted by Gasteiger charge is 2.39. The molecule has 0 aliphatic rings. The van der Waals surface area contributed by atoms with Crippen molar-refractivity contribution in [2.45, 2.75) is 32.5 Å². The molecule has 0 aliphatic carbocycles. The van der Waals surface area contributed by atoms with Crippen LogP contribution in [-0.4, -0.2) is 30.7 Å². The average Bonchev–Trinajstić information content (AvgIpc) is 2.46. The van der Waals surface area contributed by atoms with Crippen molar-refractivity contribution >= 4 is 11.9 Å². The number of rotatable bonds is 6. The lowest BCUT2D eigenvalue weighted by Crippen LogP contribution is -2.44. The highest BCUT2D eigenvalue weighted by molar-refractivity contribution is 5.96. The van der Waals surface area contributed by atoms with E-state index in [1.165, 1.54) is 12.1 Å². The third kappa shape index (κ3) is 5.38. The summed E-state index contributed by atoms with van der Waals surface area (Å²) in [4.78, 5) is 23.8. The summed E-state index contributed by atoms with van der Waals surface area (Å²) in [5.41, 5.74) is 0.261. The molecule has 2 unspecified atom stereocenters. The van der Waals surface area contributed by atoms with Crippen molar-refractivity contribution in [3.05, 3.63) is 35.9 Å². The van der Waals surface area contributed by atoms with Gasteiger partial charge in [-0.25, -0.2) is 4.79 Å². The Morgan fingerprint density at radius 3 is 2.32 bits per heavy atom. The lowest BCUT2D eigenvalue weighted by atomic mass is 10.0. The summed E-state index contributed by atoms with van der Waals surface area (Å²) >= 11 is 0. The summed E-state index contributed by atoms with van der Waals surface area (Å²) in [5, 5.41) is 2.31. The summed E-state index contributed by atoms with van der Waals surface area (Å²) in [6.45, 7) is 2.53. The molecule has 1 aromatic rings. The van der Waals surface area contributed by atoms with Gasteiger partial charge in [0.2, 0.25) is 0 Å². The topological polar surface area (TPSA) is 55.4 Å². The SMILES string of the molecule is CCOC(=O)C(CC(C)C(F)(F)F)NC(=O)c1ccccc1. The number of alkyl halides is 3. The molecule has 0 radical (unpaired) electrons. The van der Waals surface area contributed by atoms with Crippen molar-refractivity contribution in [1.29, 1.82) is 0 Å². The van der Waals surface area contributed by atoms with Crippen molar-refractivity contribution in [1.82, 2.24) is 5.32 Å². The quantitative estimate of drug-likeness (QED) is 0.821. The van der Waals surface area contributed by atoms with Gasteiger partial charge in [-0.2, -0.15) is 13.2 Å². The molecule has 0 saturated carbocycles. The van der Waals surface area contributed by atoms with E-state index < -0.39 is 36.4 Å². The van der Waals surface area contributed by atoms with Crippen LogP contribution in [0.15, 0.2) is 30.3 Å². The van der Waals surface area contributed by atoms with Crippen molar-refractivity contribution in [3.8, 4) is 0 Å². The zero-order valence-corrected chi connectivity index (χ0v) is 12.3. The summed E-state index contributed by atoms with van der Waals surface area (Å²) in [6.07, 6.45) is -5.01. The van der Waals surface area contributed by atoms with E-state index in [0.717, 1.165) is 6.92 Å². The molecule has 1 amide bonds. The number of carbonyl (C=O) groups is 2. The van der Waals surface area contributed by atoms with Crippen molar-refractivity contribution in [3.63, 3.8) is 0 Å². The Labute approximate surface area is 126 Å². The van der Waals surface area contributed by atoms with Crippen LogP contribution in [0.5, 0.6) is 0 Å². The summed E-state index contributed by atoms with van der Waals surface area (Å²) in [6, 6.07) is 6.60. The van der Waals surface area contributed by atoms with E-state index in [-0.39, 0.29) is 12.2 Å². The summed E-state index contributed by atoms with van der Waals surface area (Å²) in [5.74, 6) is -3.23. The molecule has 0 aliphatic heterocycles. The monoisotopic (exact) mass is 317 g/mol. The minimum absolute atomic E-state index is 0.0247. The van der Waals surface area contributed by atoms with Crippen LogP contribution >= 0.6 is 0 Å². The molecule has 22 heavy (non-hydrogen) atoms. The number of hydrogen-bond acceptors (Lipinski definition) is 3. The maximum Gasteiger partial charge on any atom is 0.391 e. The lowest BCUT2D eigenvalue weighted by molar-refractivity contribution is -0.174. The Hall–Kier alpha value is -2.05. The average molecular weight is 317 g/mol. The molecule has 1 N–H and O–H groups in total. The van der Waals surface area contributed by atoms with Crippen LogP contribution in [0.4, 0.5) is 13.2 Å². The highest BCUT2D eigenvalue weighted by atomic mass is 19.4. The van der Waals surface area contributed by atoms with Gasteiger partial charge in [-0.15, -0.1) is 0 Å². The van der Waals surface area contributed by atoms with Gasteiger partial charge in [0.05, 0.1) is 12.5 Å². The van der Waals surface area contributed by atoms with Crippen LogP contribution in [-0.2, 0) is 9.53 Å². The second-order valence-electron chi connectivity index (χ2n) is 4.82. The Bertz CT molecular complexity index is 503. The van der Waals surface area contributed by atoms with Gasteiger partial charge in [-0.3, -0.25) is 4.79 Å². The Balaban J connectivity index is 2.82. The van der Waals surface area contributed by atoms with Crippen molar-refractivity contribution < 1.29 is 27.5 Å². The fourth-order valence-corrected chi connectivity index (χ4v) is 1.78. The molecule has 0 spiro atoms. The maximum atomic E-state index is 12.7. The van der Waals surface area contributed by atoms with Crippen LogP contribution < -0.4 is 5.32 Å². The molecule has 1 rings (SSSR count). The molecule has 0 fully saturated rings. The predicted octanol–water partition coefficient (Wildman–Crippen LogP) is 2.94. The van der Waals surface area contributed by atoms with E-state index in [9.17, 15) is 22.8 Å². The number of halogens is 3. The first-order valence-electron chi connectivity index (χ1n) is 6.85. The van der Waals surface area contributed by atoms with E-state index >= 15 is 0 Å². The molecular formula is C15H18F3NO3. The zero-order chi connectivity index (χ0) is 16.8. The molecule has 122 valence electrons. The molecular weight excluding hydrogens is 299 g/mol. The molecule has 0 bridgehead atoms. The normalized spacial score (nSPS) is 14.0. The highest BCUT2D eigenvalue weighted by Crippen LogP contribution is 2.29. The van der Waals surface area contributed by atoms with Gasteiger partial charge in [-0.1, -0.05) is 25.1 Å². The fourth-order valence-electron chi connectivity index (χ4n) is 1.78. The van der Waals surface area contributed by atoms with Crippen LogP contribution in [0.2, 0.25) is 0 Å². The lowest BCUT2D eigenvalue weighted by Gasteiger charge is -2.22. The van der Waals surface area contributed by atoms with Gasteiger partial charge >= 0.3 is 12.1 Å². The van der Waals surface area contributed by atoms with E-state index in [1.807, 2.05) is 0 Å². The van der Waals surface area contributed by atoms with Gasteiger partial charge in [0, 0.05) is 5.56 Å². The third-order valence-corrected chi connectivity index (χ3v) is 3.06. The van der Waals surface area contributed by atoms with Gasteiger partial charge in [0.1, 0.15) is 6.04 Å². The third-order valence-electron chi connectivity index (χ3n) is 3.06. The predicted molar refractivity (Wildman–Crippen MR) is 74.2 cm³/mol. The van der Waals surface area contributed by atoms with E-state index in [4.69, 9.17) is 4.74 Å². The van der Waals surface area contributed by atoms with E-state index in [2.05, 4.69) is 5.32 Å². The van der Waals surface area contributed by atoms with Crippen LogP contribution in [0.1, 0.15) is 30.6 Å². The first-order valence-corrected chi connectivity index (χ1v) is 6.85. The number of ether oxygens (including phenoxy) is 1. The summed E-state index contributed by atoms with van der Waals surface area (Å²) in [7, 11) is 0. The first kappa shape index (κ1) is 18.0. The standard InChI is InChI=1S/C15H18F3NO3/c1-3-22-14(21)12(9-10(2)15(16,17)18)19-13(20)11-7-5-4-6-8-11/h4-8,10,12H,3,9H2,1-2H3,(H,19,20). The van der Waals surface area contributed by atoms with Crippen LogP contribution in [0, 0.1) is 5.92 Å². The second-order valence-corrected chi connectivity index (χ2v) is 4.82. The Morgan fingerprint density at radius 2 is 1.82 bits per heavy atom. The number of hydrogen-bond donors (Lipinski definition) is 1. The second kappa shape index (κ2) is 7.82. The number of nitrogens with one attached hydrogen (secondary N) is 1. The number of carbonyl (C=O) groups excluding carboxylic acids is 2. The molecule has 2 atom stereocenters. The molecule has 0 heterocycles. The molecule has 4 nitrogen and oxygen atoms in total. The van der Waals surface area contributed by atoms with Crippen LogP contribution in [0.25, 0.3) is 0 Å². The fraction of sp³-hybridized carbons (Fsp3) is 0.467. The number of benzene rings is 1. The van der Waals surface area contributed by atoms with Crippen molar-refractivity contribution in [2.75, 3.05) is 6.61 Å². The van der Waals surface area contributed by atoms with Gasteiger partial charge in [0.15, 0.2) is 0 Å². The first-order chi connectivity index (χ1) is 10.3. The van der Waals surface area contributed by atoms with E-state index in [1.54, 1.807) is 25.1 Å². The molecule has 1 aromatic carbocycles. The van der Waals surface area contributed by atoms with Crippen LogP contribution in [0.3, 0.4) is 0 Å². The number of amides is 1. The Morgan fingerprint density at radius 1 is 1.23 bits per heavy atom. The van der Waals surface area contributed by atoms with Gasteiger partial charge in [0.25, 0.3) is 5.91 Å². The molecule has 0 aromatic heterocycles. The molecule has 7 heteroatoms. The summed E-state index contributed by atoms with van der Waals surface area (Å²) < 4.78 is 42.7. The molecule has 0 saturated heterocycles. The van der Waals surface area contributed by atoms with Gasteiger partial charge in [-0.05, 0) is 25.5 Å². The smallest absolute Gasteiger partial charge is 0.391 e. The Kier molecular flexibility index (Phi) is 6.39. The number of esters is 1. The maximum absolute atomic E-state index is 12.7.